The third-order valence-electron chi connectivity index (χ3n) is 4.99. The Morgan fingerprint density at radius 1 is 1.18 bits per heavy atom. The van der Waals surface area contributed by atoms with E-state index in [1.807, 2.05) is 36.4 Å². The van der Waals surface area contributed by atoms with Gasteiger partial charge in [0.25, 0.3) is 0 Å². The van der Waals surface area contributed by atoms with Crippen molar-refractivity contribution >= 4 is 22.7 Å². The summed E-state index contributed by atoms with van der Waals surface area (Å²) in [5, 5.41) is 21.3. The zero-order chi connectivity index (χ0) is 18.8. The van der Waals surface area contributed by atoms with Crippen LogP contribution >= 0.6 is 0 Å². The molecule has 1 aromatic carbocycles. The number of carbonyl (C=O) groups excluding carboxylic acids is 1. The molecule has 4 rings (SSSR count). The molecular formula is C21H17LiN4O2. The summed E-state index contributed by atoms with van der Waals surface area (Å²) in [6, 6.07) is 15.3. The number of fused-ring (bicyclic) bond motifs is 1. The van der Waals surface area contributed by atoms with Gasteiger partial charge in [0.2, 0.25) is 0 Å². The van der Waals surface area contributed by atoms with Crippen molar-refractivity contribution in [2.24, 2.45) is 5.92 Å². The number of hydrogen-bond donors (Lipinski definition) is 0. The Bertz CT molecular complexity index is 1060. The Balaban J connectivity index is 0.00000225. The number of carbonyl (C=O) groups is 1. The van der Waals surface area contributed by atoms with Crippen LogP contribution in [0.3, 0.4) is 0 Å². The van der Waals surface area contributed by atoms with E-state index in [-0.39, 0.29) is 18.9 Å². The van der Waals surface area contributed by atoms with Gasteiger partial charge in [-0.1, -0.05) is 18.2 Å². The van der Waals surface area contributed by atoms with Gasteiger partial charge in [0.05, 0.1) is 22.8 Å². The largest absolute Gasteiger partial charge is 1.00 e. The summed E-state index contributed by atoms with van der Waals surface area (Å²) in [5.41, 5.74) is 2.91. The molecule has 134 valence electrons. The quantitative estimate of drug-likeness (QED) is 0.562. The van der Waals surface area contributed by atoms with Gasteiger partial charge < -0.3 is 14.8 Å². The molecule has 2 aromatic heterocycles. The first-order chi connectivity index (χ1) is 13.2. The van der Waals surface area contributed by atoms with Crippen molar-refractivity contribution in [3.05, 3.63) is 54.2 Å². The molecule has 0 bridgehead atoms. The van der Waals surface area contributed by atoms with Gasteiger partial charge >= 0.3 is 18.9 Å². The molecule has 1 fully saturated rings. The monoisotopic (exact) mass is 364 g/mol. The summed E-state index contributed by atoms with van der Waals surface area (Å²) in [6.07, 6.45) is 2.83. The van der Waals surface area contributed by atoms with E-state index in [1.54, 1.807) is 12.3 Å². The number of pyridine rings is 2. The zero-order valence-corrected chi connectivity index (χ0v) is 15.6. The Labute approximate surface area is 175 Å². The van der Waals surface area contributed by atoms with E-state index in [2.05, 4.69) is 16.0 Å². The van der Waals surface area contributed by atoms with Crippen molar-refractivity contribution in [1.82, 2.24) is 9.97 Å². The second-order valence-electron chi connectivity index (χ2n) is 6.68. The van der Waals surface area contributed by atoms with Crippen LogP contribution in [0.25, 0.3) is 22.2 Å². The number of piperidine rings is 1. The van der Waals surface area contributed by atoms with Crippen LogP contribution in [0.15, 0.2) is 48.7 Å². The van der Waals surface area contributed by atoms with Gasteiger partial charge in [0, 0.05) is 42.1 Å². The Kier molecular flexibility index (Phi) is 5.99. The van der Waals surface area contributed by atoms with Crippen LogP contribution in [0.2, 0.25) is 0 Å². The molecule has 7 heteroatoms. The average molecular weight is 364 g/mol. The molecule has 1 aliphatic heterocycles. The van der Waals surface area contributed by atoms with E-state index in [9.17, 15) is 15.2 Å². The third-order valence-corrected chi connectivity index (χ3v) is 4.99. The SMILES string of the molecule is N#Cc1cccc(-c2nc(N3CCC(C(=O)[O-])CC3)cc3cccnc23)c1.[Li+]. The molecule has 0 unspecified atom stereocenters. The molecule has 0 N–H and O–H groups in total. The van der Waals surface area contributed by atoms with Crippen molar-refractivity contribution in [3.8, 4) is 17.3 Å². The molecule has 0 saturated carbocycles. The van der Waals surface area contributed by atoms with Crippen molar-refractivity contribution in [2.75, 3.05) is 18.0 Å². The van der Waals surface area contributed by atoms with Gasteiger partial charge in [0.1, 0.15) is 5.82 Å². The maximum atomic E-state index is 11.1. The first kappa shape index (κ1) is 19.9. The van der Waals surface area contributed by atoms with E-state index < -0.39 is 11.9 Å². The zero-order valence-electron chi connectivity index (χ0n) is 15.6. The summed E-state index contributed by atoms with van der Waals surface area (Å²) in [6.45, 7) is 1.24. The van der Waals surface area contributed by atoms with Gasteiger partial charge in [-0.05, 0) is 37.1 Å². The number of nitrogens with zero attached hydrogens (tertiary/aromatic N) is 4. The molecule has 3 heterocycles. The summed E-state index contributed by atoms with van der Waals surface area (Å²) in [5.74, 6) is -0.570. The van der Waals surface area contributed by atoms with Crippen molar-refractivity contribution in [2.45, 2.75) is 12.8 Å². The molecule has 0 atom stereocenters. The van der Waals surface area contributed by atoms with Crippen LogP contribution in [0.5, 0.6) is 0 Å². The molecule has 0 aliphatic carbocycles. The average Bonchev–Trinajstić information content (AvgIpc) is 2.73. The second-order valence-corrected chi connectivity index (χ2v) is 6.68. The van der Waals surface area contributed by atoms with E-state index >= 15 is 0 Å². The predicted octanol–water partition coefficient (Wildman–Crippen LogP) is -0.861. The molecule has 0 amide bonds. The standard InChI is InChI=1S/C21H18N4O2.Li/c22-13-14-3-1-4-16(11-14)20-19-17(5-2-8-23-19)12-18(24-20)25-9-6-15(7-10-25)21(26)27;/h1-5,8,11-12,15H,6-7,9-10H2,(H,26,27);/q;+1/p-1. The Hall–Kier alpha value is -2.86. The number of rotatable bonds is 3. The summed E-state index contributed by atoms with van der Waals surface area (Å²) in [7, 11) is 0. The molecule has 6 nitrogen and oxygen atoms in total. The Morgan fingerprint density at radius 3 is 2.68 bits per heavy atom. The number of anilines is 1. The number of carboxylic acid groups (broad SMARTS) is 1. The van der Waals surface area contributed by atoms with Crippen molar-refractivity contribution in [3.63, 3.8) is 0 Å². The number of benzene rings is 1. The van der Waals surface area contributed by atoms with Crippen LogP contribution in [-0.2, 0) is 4.79 Å². The van der Waals surface area contributed by atoms with Crippen LogP contribution < -0.4 is 28.9 Å². The molecule has 0 spiro atoms. The Morgan fingerprint density at radius 2 is 1.96 bits per heavy atom. The first-order valence-electron chi connectivity index (χ1n) is 8.88. The van der Waals surface area contributed by atoms with E-state index in [0.29, 0.717) is 31.5 Å². The number of aliphatic carboxylic acids is 1. The van der Waals surface area contributed by atoms with Gasteiger partial charge in [-0.3, -0.25) is 4.98 Å². The van der Waals surface area contributed by atoms with Crippen LogP contribution in [0, 0.1) is 17.2 Å². The molecule has 1 aliphatic rings. The number of carboxylic acids is 1. The molecule has 28 heavy (non-hydrogen) atoms. The number of hydrogen-bond acceptors (Lipinski definition) is 6. The van der Waals surface area contributed by atoms with Crippen LogP contribution in [0.4, 0.5) is 5.82 Å². The van der Waals surface area contributed by atoms with Gasteiger partial charge in [0.15, 0.2) is 0 Å². The fraction of sp³-hybridized carbons (Fsp3) is 0.238. The van der Waals surface area contributed by atoms with Gasteiger partial charge in [-0.2, -0.15) is 5.26 Å². The second kappa shape index (κ2) is 8.44. The van der Waals surface area contributed by atoms with Crippen LogP contribution in [-0.4, -0.2) is 29.0 Å². The normalized spacial score (nSPS) is 14.3. The minimum atomic E-state index is -0.973. The topological polar surface area (TPSA) is 92.9 Å². The predicted molar refractivity (Wildman–Crippen MR) is 99.6 cm³/mol. The maximum Gasteiger partial charge on any atom is 1.00 e. The minimum Gasteiger partial charge on any atom is -0.550 e. The third kappa shape index (κ3) is 3.87. The van der Waals surface area contributed by atoms with Crippen LogP contribution in [0.1, 0.15) is 18.4 Å². The fourth-order valence-corrected chi connectivity index (χ4v) is 3.51. The first-order valence-corrected chi connectivity index (χ1v) is 8.88. The van der Waals surface area contributed by atoms with Crippen molar-refractivity contribution in [1.29, 1.82) is 5.26 Å². The molecule has 3 aromatic rings. The fourth-order valence-electron chi connectivity index (χ4n) is 3.51. The summed E-state index contributed by atoms with van der Waals surface area (Å²) >= 11 is 0. The van der Waals surface area contributed by atoms with Gasteiger partial charge in [-0.25, -0.2) is 4.98 Å². The number of aromatic nitrogens is 2. The molecule has 0 radical (unpaired) electrons. The number of nitriles is 1. The van der Waals surface area contributed by atoms with E-state index in [1.165, 1.54) is 0 Å². The van der Waals surface area contributed by atoms with Crippen molar-refractivity contribution < 1.29 is 28.8 Å². The van der Waals surface area contributed by atoms with E-state index in [0.717, 1.165) is 28.0 Å². The van der Waals surface area contributed by atoms with E-state index in [4.69, 9.17) is 4.98 Å². The summed E-state index contributed by atoms with van der Waals surface area (Å²) < 4.78 is 0. The molecular weight excluding hydrogens is 347 g/mol. The minimum absolute atomic E-state index is 0. The molecule has 1 saturated heterocycles. The smallest absolute Gasteiger partial charge is 0.550 e. The maximum absolute atomic E-state index is 11.1. The summed E-state index contributed by atoms with van der Waals surface area (Å²) in [4.78, 5) is 22.5. The van der Waals surface area contributed by atoms with Gasteiger partial charge in [-0.15, -0.1) is 0 Å².